The van der Waals surface area contributed by atoms with E-state index in [1.165, 1.54) is 5.56 Å². The van der Waals surface area contributed by atoms with Gasteiger partial charge >= 0.3 is 0 Å². The number of rotatable bonds is 6. The molecular weight excluding hydrogens is 376 g/mol. The molecule has 0 spiro atoms. The molecule has 0 aliphatic carbocycles. The summed E-state index contributed by atoms with van der Waals surface area (Å²) in [6.45, 7) is 3.00. The lowest BCUT2D eigenvalue weighted by Crippen LogP contribution is -2.46. The Bertz CT molecular complexity index is 976. The second-order valence-corrected chi connectivity index (χ2v) is 7.30. The summed E-state index contributed by atoms with van der Waals surface area (Å²) >= 11 is 0. The second kappa shape index (κ2) is 9.41. The molecule has 3 aromatic rings. The standard InChI is InChI=1S/C24H26N4O2/c1-30-21-9-7-18(8-10-21)16-27-24(29)20-11-12-26-23(15-20)28-14-13-25-22(17-28)19-5-3-2-4-6-19/h2-12,15,22,25H,13-14,16-17H2,1H3,(H,27,29). The molecule has 1 unspecified atom stereocenters. The predicted octanol–water partition coefficient (Wildman–Crippen LogP) is 3.17. The minimum atomic E-state index is -0.107. The summed E-state index contributed by atoms with van der Waals surface area (Å²) in [6, 6.07) is 22.0. The Morgan fingerprint density at radius 1 is 1.17 bits per heavy atom. The molecule has 1 aliphatic rings. The molecule has 0 saturated carbocycles. The zero-order valence-electron chi connectivity index (χ0n) is 17.0. The first-order valence-electron chi connectivity index (χ1n) is 10.1. The van der Waals surface area contributed by atoms with E-state index in [2.05, 4.69) is 44.8 Å². The van der Waals surface area contributed by atoms with Gasteiger partial charge in [0, 0.05) is 44.0 Å². The van der Waals surface area contributed by atoms with Crippen LogP contribution in [0.5, 0.6) is 5.75 Å². The minimum absolute atomic E-state index is 0.107. The van der Waals surface area contributed by atoms with Crippen molar-refractivity contribution < 1.29 is 9.53 Å². The molecular formula is C24H26N4O2. The first kappa shape index (κ1) is 19.9. The Morgan fingerprint density at radius 2 is 1.97 bits per heavy atom. The highest BCUT2D eigenvalue weighted by atomic mass is 16.5. The molecule has 2 heterocycles. The van der Waals surface area contributed by atoms with Crippen LogP contribution in [0.15, 0.2) is 72.9 Å². The topological polar surface area (TPSA) is 66.5 Å². The summed E-state index contributed by atoms with van der Waals surface area (Å²) in [7, 11) is 1.64. The molecule has 1 aliphatic heterocycles. The normalized spacial score (nSPS) is 16.2. The van der Waals surface area contributed by atoms with Crippen molar-refractivity contribution in [3.8, 4) is 5.75 Å². The average Bonchev–Trinajstić information content (AvgIpc) is 2.83. The van der Waals surface area contributed by atoms with Crippen LogP contribution in [-0.2, 0) is 6.54 Å². The fourth-order valence-corrected chi connectivity index (χ4v) is 3.63. The largest absolute Gasteiger partial charge is 0.497 e. The fraction of sp³-hybridized carbons (Fsp3) is 0.250. The van der Waals surface area contributed by atoms with Gasteiger partial charge < -0.3 is 20.3 Å². The Balaban J connectivity index is 1.40. The highest BCUT2D eigenvalue weighted by Gasteiger charge is 2.22. The van der Waals surface area contributed by atoms with Crippen LogP contribution >= 0.6 is 0 Å². The summed E-state index contributed by atoms with van der Waals surface area (Å²) in [4.78, 5) is 19.4. The molecule has 2 N–H and O–H groups in total. The number of methoxy groups -OCH3 is 1. The van der Waals surface area contributed by atoms with Crippen molar-refractivity contribution in [2.75, 3.05) is 31.6 Å². The predicted molar refractivity (Wildman–Crippen MR) is 118 cm³/mol. The average molecular weight is 402 g/mol. The maximum Gasteiger partial charge on any atom is 0.251 e. The first-order valence-corrected chi connectivity index (χ1v) is 10.1. The number of ether oxygens (including phenoxy) is 1. The zero-order chi connectivity index (χ0) is 20.8. The van der Waals surface area contributed by atoms with Gasteiger partial charge in [0.15, 0.2) is 0 Å². The third-order valence-electron chi connectivity index (χ3n) is 5.32. The fourth-order valence-electron chi connectivity index (χ4n) is 3.63. The van der Waals surface area contributed by atoms with Crippen LogP contribution in [-0.4, -0.2) is 37.6 Å². The summed E-state index contributed by atoms with van der Waals surface area (Å²) in [5, 5.41) is 6.54. The van der Waals surface area contributed by atoms with Gasteiger partial charge in [0.05, 0.1) is 7.11 Å². The van der Waals surface area contributed by atoms with Gasteiger partial charge in [-0.25, -0.2) is 4.98 Å². The molecule has 6 nitrogen and oxygen atoms in total. The molecule has 1 saturated heterocycles. The van der Waals surface area contributed by atoms with Gasteiger partial charge in [-0.05, 0) is 35.4 Å². The third kappa shape index (κ3) is 4.78. The summed E-state index contributed by atoms with van der Waals surface area (Å²) in [5.74, 6) is 1.52. The number of pyridine rings is 1. The second-order valence-electron chi connectivity index (χ2n) is 7.30. The number of benzene rings is 2. The SMILES string of the molecule is COc1ccc(CNC(=O)c2ccnc(N3CCNC(c4ccccc4)C3)c2)cc1. The van der Waals surface area contributed by atoms with Crippen LogP contribution in [0.4, 0.5) is 5.82 Å². The van der Waals surface area contributed by atoms with Gasteiger partial charge in [0.1, 0.15) is 11.6 Å². The third-order valence-corrected chi connectivity index (χ3v) is 5.32. The van der Waals surface area contributed by atoms with E-state index in [1.54, 1.807) is 19.4 Å². The minimum Gasteiger partial charge on any atom is -0.497 e. The van der Waals surface area contributed by atoms with E-state index < -0.39 is 0 Å². The van der Waals surface area contributed by atoms with Crippen molar-refractivity contribution in [3.63, 3.8) is 0 Å². The van der Waals surface area contributed by atoms with E-state index in [0.29, 0.717) is 12.1 Å². The molecule has 0 radical (unpaired) electrons. The van der Waals surface area contributed by atoms with Crippen LogP contribution < -0.4 is 20.3 Å². The molecule has 1 amide bonds. The van der Waals surface area contributed by atoms with Gasteiger partial charge in [0.25, 0.3) is 5.91 Å². The summed E-state index contributed by atoms with van der Waals surface area (Å²) < 4.78 is 5.17. The van der Waals surface area contributed by atoms with Crippen molar-refractivity contribution in [2.24, 2.45) is 0 Å². The van der Waals surface area contributed by atoms with E-state index in [9.17, 15) is 4.79 Å². The molecule has 154 valence electrons. The molecule has 30 heavy (non-hydrogen) atoms. The summed E-state index contributed by atoms with van der Waals surface area (Å²) in [6.07, 6.45) is 1.71. The number of piperazine rings is 1. The number of carbonyl (C=O) groups excluding carboxylic acids is 1. The van der Waals surface area contributed by atoms with Gasteiger partial charge in [0.2, 0.25) is 0 Å². The number of carbonyl (C=O) groups is 1. The lowest BCUT2D eigenvalue weighted by Gasteiger charge is -2.34. The van der Waals surface area contributed by atoms with Crippen LogP contribution in [0, 0.1) is 0 Å². The first-order chi connectivity index (χ1) is 14.7. The number of nitrogens with one attached hydrogen (secondary N) is 2. The highest BCUT2D eigenvalue weighted by molar-refractivity contribution is 5.94. The van der Waals surface area contributed by atoms with Crippen LogP contribution in [0.25, 0.3) is 0 Å². The van der Waals surface area contributed by atoms with Crippen molar-refractivity contribution in [2.45, 2.75) is 12.6 Å². The Morgan fingerprint density at radius 3 is 2.73 bits per heavy atom. The van der Waals surface area contributed by atoms with Crippen molar-refractivity contribution in [1.82, 2.24) is 15.6 Å². The number of hydrogen-bond acceptors (Lipinski definition) is 5. The quantitative estimate of drug-likeness (QED) is 0.663. The zero-order valence-corrected chi connectivity index (χ0v) is 17.0. The van der Waals surface area contributed by atoms with Crippen molar-refractivity contribution >= 4 is 11.7 Å². The number of hydrogen-bond donors (Lipinski definition) is 2. The van der Waals surface area contributed by atoms with E-state index >= 15 is 0 Å². The van der Waals surface area contributed by atoms with Gasteiger partial charge in [-0.1, -0.05) is 42.5 Å². The number of aromatic nitrogens is 1. The maximum atomic E-state index is 12.7. The van der Waals surface area contributed by atoms with Crippen LogP contribution in [0.1, 0.15) is 27.5 Å². The van der Waals surface area contributed by atoms with Gasteiger partial charge in [-0.2, -0.15) is 0 Å². The van der Waals surface area contributed by atoms with E-state index in [4.69, 9.17) is 4.74 Å². The Hall–Kier alpha value is -3.38. The highest BCUT2D eigenvalue weighted by Crippen LogP contribution is 2.21. The monoisotopic (exact) mass is 402 g/mol. The molecule has 0 bridgehead atoms. The number of nitrogens with zero attached hydrogens (tertiary/aromatic N) is 2. The van der Waals surface area contributed by atoms with Crippen LogP contribution in [0.3, 0.4) is 0 Å². The molecule has 1 aromatic heterocycles. The lowest BCUT2D eigenvalue weighted by atomic mass is 10.0. The maximum absolute atomic E-state index is 12.7. The van der Waals surface area contributed by atoms with E-state index in [0.717, 1.165) is 36.8 Å². The van der Waals surface area contributed by atoms with Crippen molar-refractivity contribution in [1.29, 1.82) is 0 Å². The molecule has 1 fully saturated rings. The molecule has 6 heteroatoms. The van der Waals surface area contributed by atoms with E-state index in [-0.39, 0.29) is 11.9 Å². The molecule has 1 atom stereocenters. The smallest absolute Gasteiger partial charge is 0.251 e. The van der Waals surface area contributed by atoms with E-state index in [1.807, 2.05) is 36.4 Å². The lowest BCUT2D eigenvalue weighted by molar-refractivity contribution is 0.0951. The Labute approximate surface area is 176 Å². The molecule has 4 rings (SSSR count). The Kier molecular flexibility index (Phi) is 6.25. The number of amides is 1. The molecule has 2 aromatic carbocycles. The van der Waals surface area contributed by atoms with Gasteiger partial charge in [-0.3, -0.25) is 4.79 Å². The van der Waals surface area contributed by atoms with Crippen LogP contribution in [0.2, 0.25) is 0 Å². The van der Waals surface area contributed by atoms with Crippen molar-refractivity contribution in [3.05, 3.63) is 89.6 Å². The number of anilines is 1. The summed E-state index contributed by atoms with van der Waals surface area (Å²) in [5.41, 5.74) is 2.89. The van der Waals surface area contributed by atoms with Gasteiger partial charge in [-0.15, -0.1) is 0 Å².